The molecule has 5 rings (SSSR count). The molecule has 29 heavy (non-hydrogen) atoms. The lowest BCUT2D eigenvalue weighted by Crippen LogP contribution is -2.22. The van der Waals surface area contributed by atoms with Gasteiger partial charge in [-0.05, 0) is 59.2 Å². The molecule has 1 aliphatic carbocycles. The fourth-order valence-electron chi connectivity index (χ4n) is 4.37. The molecule has 3 nitrogen and oxygen atoms in total. The summed E-state index contributed by atoms with van der Waals surface area (Å²) in [5, 5.41) is 4.71. The van der Waals surface area contributed by atoms with Crippen LogP contribution in [0.2, 0.25) is 0 Å². The highest BCUT2D eigenvalue weighted by atomic mass is 16.4. The Labute approximate surface area is 170 Å². The molecule has 1 heterocycles. The van der Waals surface area contributed by atoms with Crippen LogP contribution in [-0.4, -0.2) is 0 Å². The third kappa shape index (κ3) is 3.62. The largest absolute Gasteiger partial charge is 0.423 e. The maximum Gasteiger partial charge on any atom is 0.336 e. The van der Waals surface area contributed by atoms with Gasteiger partial charge in [0.1, 0.15) is 5.58 Å². The van der Waals surface area contributed by atoms with Gasteiger partial charge in [-0.1, -0.05) is 60.7 Å². The second-order valence-corrected chi connectivity index (χ2v) is 7.70. The highest BCUT2D eigenvalue weighted by Gasteiger charge is 2.17. The van der Waals surface area contributed by atoms with Crippen molar-refractivity contribution in [3.63, 3.8) is 0 Å². The van der Waals surface area contributed by atoms with Crippen molar-refractivity contribution in [2.45, 2.75) is 31.8 Å². The van der Waals surface area contributed by atoms with Crippen molar-refractivity contribution >= 4 is 11.0 Å². The lowest BCUT2D eigenvalue weighted by Gasteiger charge is -2.20. The van der Waals surface area contributed by atoms with Crippen molar-refractivity contribution in [3.8, 4) is 0 Å². The summed E-state index contributed by atoms with van der Waals surface area (Å²) in [6, 6.07) is 26.8. The summed E-state index contributed by atoms with van der Waals surface area (Å²) >= 11 is 0. The smallest absolute Gasteiger partial charge is 0.336 e. The van der Waals surface area contributed by atoms with Crippen molar-refractivity contribution in [1.82, 2.24) is 5.32 Å². The standard InChI is InChI=1S/C26H23NO2/c28-25-16-22(23-14-20-12-7-13-21(20)15-24(23)29-25)17-27-26(18-8-3-1-4-9-18)19-10-5-2-6-11-19/h1-6,8-11,14-16,26-27H,7,12-13,17H2. The highest BCUT2D eigenvalue weighted by molar-refractivity contribution is 5.82. The molecular weight excluding hydrogens is 358 g/mol. The van der Waals surface area contributed by atoms with Crippen LogP contribution in [0, 0.1) is 0 Å². The number of fused-ring (bicyclic) bond motifs is 2. The molecular formula is C26H23NO2. The molecule has 1 aromatic heterocycles. The van der Waals surface area contributed by atoms with Gasteiger partial charge in [-0.25, -0.2) is 4.79 Å². The van der Waals surface area contributed by atoms with Gasteiger partial charge in [-0.2, -0.15) is 0 Å². The summed E-state index contributed by atoms with van der Waals surface area (Å²) in [4.78, 5) is 12.2. The molecule has 1 N–H and O–H groups in total. The monoisotopic (exact) mass is 381 g/mol. The zero-order valence-corrected chi connectivity index (χ0v) is 16.2. The minimum atomic E-state index is -0.289. The van der Waals surface area contributed by atoms with E-state index >= 15 is 0 Å². The van der Waals surface area contributed by atoms with Crippen molar-refractivity contribution in [3.05, 3.63) is 117 Å². The maximum absolute atomic E-state index is 12.2. The van der Waals surface area contributed by atoms with Gasteiger partial charge in [-0.15, -0.1) is 0 Å². The summed E-state index contributed by atoms with van der Waals surface area (Å²) < 4.78 is 5.52. The molecule has 3 aromatic carbocycles. The average molecular weight is 381 g/mol. The molecule has 0 spiro atoms. The van der Waals surface area contributed by atoms with E-state index in [-0.39, 0.29) is 11.7 Å². The van der Waals surface area contributed by atoms with Gasteiger partial charge >= 0.3 is 5.63 Å². The number of aryl methyl sites for hydroxylation is 2. The highest BCUT2D eigenvalue weighted by Crippen LogP contribution is 2.29. The van der Waals surface area contributed by atoms with Gasteiger partial charge in [0, 0.05) is 18.0 Å². The SMILES string of the molecule is O=c1cc(CNC(c2ccccc2)c2ccccc2)c2cc3c(cc2o1)CCC3. The van der Waals surface area contributed by atoms with E-state index in [1.165, 1.54) is 28.7 Å². The van der Waals surface area contributed by atoms with E-state index in [1.54, 1.807) is 6.07 Å². The van der Waals surface area contributed by atoms with Gasteiger partial charge in [0.05, 0.1) is 6.04 Å². The first-order valence-corrected chi connectivity index (χ1v) is 10.2. The Balaban J connectivity index is 1.52. The van der Waals surface area contributed by atoms with Crippen molar-refractivity contribution < 1.29 is 4.42 Å². The topological polar surface area (TPSA) is 42.2 Å². The minimum Gasteiger partial charge on any atom is -0.423 e. The molecule has 0 amide bonds. The lowest BCUT2D eigenvalue weighted by atomic mass is 9.98. The predicted octanol–water partition coefficient (Wildman–Crippen LogP) is 5.16. The number of nitrogens with one attached hydrogen (secondary N) is 1. The molecule has 0 aliphatic heterocycles. The van der Waals surface area contributed by atoms with Gasteiger partial charge in [-0.3, -0.25) is 0 Å². The zero-order valence-electron chi connectivity index (χ0n) is 16.2. The van der Waals surface area contributed by atoms with Gasteiger partial charge in [0.25, 0.3) is 0 Å². The van der Waals surface area contributed by atoms with E-state index in [0.717, 1.165) is 23.8 Å². The van der Waals surface area contributed by atoms with E-state index < -0.39 is 0 Å². The van der Waals surface area contributed by atoms with E-state index in [2.05, 4.69) is 66.0 Å². The molecule has 0 bridgehead atoms. The van der Waals surface area contributed by atoms with E-state index in [9.17, 15) is 4.79 Å². The number of rotatable bonds is 5. The Kier molecular flexibility index (Phi) is 4.74. The van der Waals surface area contributed by atoms with Crippen LogP contribution in [0.5, 0.6) is 0 Å². The van der Waals surface area contributed by atoms with Gasteiger partial charge < -0.3 is 9.73 Å². The van der Waals surface area contributed by atoms with Crippen LogP contribution in [0.4, 0.5) is 0 Å². The summed E-state index contributed by atoms with van der Waals surface area (Å²) in [6.45, 7) is 0.593. The van der Waals surface area contributed by atoms with Crippen LogP contribution in [0.25, 0.3) is 11.0 Å². The minimum absolute atomic E-state index is 0.0501. The third-order valence-corrected chi connectivity index (χ3v) is 5.81. The first-order chi connectivity index (χ1) is 14.3. The number of hydrogen-bond acceptors (Lipinski definition) is 3. The van der Waals surface area contributed by atoms with Crippen LogP contribution in [-0.2, 0) is 19.4 Å². The summed E-state index contributed by atoms with van der Waals surface area (Å²) in [5.74, 6) is 0. The Hall–Kier alpha value is -3.17. The number of hydrogen-bond donors (Lipinski definition) is 1. The molecule has 3 heteroatoms. The first-order valence-electron chi connectivity index (χ1n) is 10.2. The van der Waals surface area contributed by atoms with Gasteiger partial charge in [0.2, 0.25) is 0 Å². The van der Waals surface area contributed by atoms with Crippen LogP contribution in [0.1, 0.15) is 40.3 Å². The van der Waals surface area contributed by atoms with Gasteiger partial charge in [0.15, 0.2) is 0 Å². The van der Waals surface area contributed by atoms with Crippen LogP contribution in [0.3, 0.4) is 0 Å². The summed E-state index contributed by atoms with van der Waals surface area (Å²) in [6.07, 6.45) is 3.35. The quantitative estimate of drug-likeness (QED) is 0.486. The first kappa shape index (κ1) is 17.9. The van der Waals surface area contributed by atoms with E-state index in [4.69, 9.17) is 4.42 Å². The van der Waals surface area contributed by atoms with E-state index in [1.807, 2.05) is 12.1 Å². The maximum atomic E-state index is 12.2. The number of benzene rings is 3. The molecule has 0 unspecified atom stereocenters. The van der Waals surface area contributed by atoms with Crippen molar-refractivity contribution in [2.24, 2.45) is 0 Å². The molecule has 0 fully saturated rings. The molecule has 4 aromatic rings. The molecule has 0 saturated heterocycles. The third-order valence-electron chi connectivity index (χ3n) is 5.81. The van der Waals surface area contributed by atoms with Crippen LogP contribution < -0.4 is 10.9 Å². The normalized spacial score (nSPS) is 13.1. The van der Waals surface area contributed by atoms with Crippen molar-refractivity contribution in [2.75, 3.05) is 0 Å². The Morgan fingerprint density at radius 3 is 2.10 bits per heavy atom. The Morgan fingerprint density at radius 2 is 1.45 bits per heavy atom. The van der Waals surface area contributed by atoms with Crippen LogP contribution in [0.15, 0.2) is 88.1 Å². The van der Waals surface area contributed by atoms with Crippen molar-refractivity contribution in [1.29, 1.82) is 0 Å². The Morgan fingerprint density at radius 1 is 0.828 bits per heavy atom. The molecule has 0 saturated carbocycles. The second kappa shape index (κ2) is 7.69. The molecule has 144 valence electrons. The summed E-state index contributed by atoms with van der Waals surface area (Å²) in [5.41, 5.74) is 6.50. The fourth-order valence-corrected chi connectivity index (χ4v) is 4.37. The average Bonchev–Trinajstić information content (AvgIpc) is 3.21. The zero-order chi connectivity index (χ0) is 19.6. The van der Waals surface area contributed by atoms with E-state index in [0.29, 0.717) is 12.1 Å². The Bertz CT molecular complexity index is 1160. The predicted molar refractivity (Wildman–Crippen MR) is 116 cm³/mol. The fraction of sp³-hybridized carbons (Fsp3) is 0.192. The molecule has 1 aliphatic rings. The second-order valence-electron chi connectivity index (χ2n) is 7.70. The van der Waals surface area contributed by atoms with Crippen LogP contribution >= 0.6 is 0 Å². The lowest BCUT2D eigenvalue weighted by molar-refractivity contribution is 0.552. The summed E-state index contributed by atoms with van der Waals surface area (Å²) in [7, 11) is 0. The molecule has 0 radical (unpaired) electrons. The molecule has 0 atom stereocenters.